The number of nitrogens with zero attached hydrogens (tertiary/aromatic N) is 2. The summed E-state index contributed by atoms with van der Waals surface area (Å²) in [6, 6.07) is 3.70. The number of hydrogen-bond donors (Lipinski definition) is 1. The number of hydrogen-bond acceptors (Lipinski definition) is 4. The highest BCUT2D eigenvalue weighted by Crippen LogP contribution is 2.30. The van der Waals surface area contributed by atoms with E-state index in [1.165, 1.54) is 16.9 Å². The smallest absolute Gasteiger partial charge is 0.263 e. The van der Waals surface area contributed by atoms with Crippen LogP contribution in [-0.4, -0.2) is 29.4 Å². The second-order valence-electron chi connectivity index (χ2n) is 6.32. The first-order valence-corrected chi connectivity index (χ1v) is 8.86. The van der Waals surface area contributed by atoms with Crippen LogP contribution >= 0.6 is 11.3 Å². The van der Waals surface area contributed by atoms with Crippen molar-refractivity contribution in [3.05, 3.63) is 44.9 Å². The molecule has 2 amide bonds. The van der Waals surface area contributed by atoms with Gasteiger partial charge in [0.2, 0.25) is 5.91 Å². The summed E-state index contributed by atoms with van der Waals surface area (Å²) in [6.07, 6.45) is 0.620. The molecule has 126 valence electrons. The van der Waals surface area contributed by atoms with Gasteiger partial charge in [-0.25, -0.2) is 4.98 Å². The number of aromatic nitrogens is 1. The zero-order chi connectivity index (χ0) is 17.4. The van der Waals surface area contributed by atoms with Gasteiger partial charge < -0.3 is 10.2 Å². The van der Waals surface area contributed by atoms with Crippen molar-refractivity contribution in [1.82, 2.24) is 10.3 Å². The van der Waals surface area contributed by atoms with Gasteiger partial charge in [0.05, 0.1) is 11.2 Å². The maximum absolute atomic E-state index is 12.8. The molecule has 1 N–H and O–H groups in total. The molecule has 6 heteroatoms. The maximum atomic E-state index is 12.8. The molecule has 5 nitrogen and oxygen atoms in total. The van der Waals surface area contributed by atoms with Crippen LogP contribution in [0.5, 0.6) is 0 Å². The fourth-order valence-corrected chi connectivity index (χ4v) is 4.08. The van der Waals surface area contributed by atoms with Gasteiger partial charge in [-0.3, -0.25) is 9.59 Å². The average molecular weight is 343 g/mol. The number of amides is 2. The molecule has 1 aromatic carbocycles. The van der Waals surface area contributed by atoms with Gasteiger partial charge in [0.1, 0.15) is 10.9 Å². The molecule has 2 heterocycles. The van der Waals surface area contributed by atoms with E-state index in [2.05, 4.69) is 29.4 Å². The summed E-state index contributed by atoms with van der Waals surface area (Å²) < 4.78 is 0. The lowest BCUT2D eigenvalue weighted by Gasteiger charge is -2.22. The summed E-state index contributed by atoms with van der Waals surface area (Å²) in [5, 5.41) is 2.86. The number of carbonyl (C=O) groups is 2. The van der Waals surface area contributed by atoms with Gasteiger partial charge in [0.25, 0.3) is 5.91 Å². The minimum absolute atomic E-state index is 0.0411. The van der Waals surface area contributed by atoms with E-state index in [-0.39, 0.29) is 11.8 Å². The Labute approximate surface area is 145 Å². The summed E-state index contributed by atoms with van der Waals surface area (Å²) in [5.41, 5.74) is 6.68. The van der Waals surface area contributed by atoms with Crippen molar-refractivity contribution in [2.24, 2.45) is 0 Å². The number of anilines is 1. The lowest BCUT2D eigenvalue weighted by Crippen LogP contribution is -2.41. The molecule has 1 fully saturated rings. The zero-order valence-corrected chi connectivity index (χ0v) is 15.2. The Morgan fingerprint density at radius 2 is 1.92 bits per heavy atom. The second kappa shape index (κ2) is 6.36. The molecule has 1 saturated heterocycles. The van der Waals surface area contributed by atoms with Crippen molar-refractivity contribution in [3.8, 4) is 0 Å². The Kier molecular flexibility index (Phi) is 4.41. The second-order valence-corrected chi connectivity index (χ2v) is 7.17. The molecule has 1 aromatic heterocycles. The van der Waals surface area contributed by atoms with Crippen LogP contribution in [0.25, 0.3) is 0 Å². The monoisotopic (exact) mass is 343 g/mol. The molecule has 0 radical (unpaired) electrons. The molecule has 24 heavy (non-hydrogen) atoms. The highest BCUT2D eigenvalue weighted by Gasteiger charge is 2.35. The zero-order valence-electron chi connectivity index (χ0n) is 14.3. The molecule has 0 bridgehead atoms. The predicted octanol–water partition coefficient (Wildman–Crippen LogP) is 2.91. The molecule has 1 aliphatic rings. The van der Waals surface area contributed by atoms with Crippen molar-refractivity contribution in [1.29, 1.82) is 0 Å². The molecule has 1 aliphatic heterocycles. The molecule has 2 aromatic rings. The minimum Gasteiger partial charge on any atom is -0.339 e. The minimum atomic E-state index is -0.473. The molecule has 1 unspecified atom stereocenters. The molecule has 0 spiro atoms. The number of aryl methyl sites for hydroxylation is 4. The average Bonchev–Trinajstić information content (AvgIpc) is 3.06. The van der Waals surface area contributed by atoms with E-state index in [1.807, 2.05) is 13.8 Å². The van der Waals surface area contributed by atoms with Gasteiger partial charge >= 0.3 is 0 Å². The van der Waals surface area contributed by atoms with Gasteiger partial charge in [-0.1, -0.05) is 17.7 Å². The number of carbonyl (C=O) groups excluding carboxylic acids is 2. The Morgan fingerprint density at radius 1 is 1.25 bits per heavy atom. The predicted molar refractivity (Wildman–Crippen MR) is 95.7 cm³/mol. The number of benzene rings is 1. The van der Waals surface area contributed by atoms with Gasteiger partial charge in [0, 0.05) is 12.2 Å². The topological polar surface area (TPSA) is 62.3 Å². The van der Waals surface area contributed by atoms with E-state index < -0.39 is 6.04 Å². The van der Waals surface area contributed by atoms with E-state index in [4.69, 9.17) is 0 Å². The van der Waals surface area contributed by atoms with E-state index in [9.17, 15) is 9.59 Å². The molecular weight excluding hydrogens is 322 g/mol. The third-order valence-corrected chi connectivity index (χ3v) is 5.30. The van der Waals surface area contributed by atoms with Gasteiger partial charge in [-0.15, -0.1) is 11.3 Å². The third-order valence-electron chi connectivity index (χ3n) is 4.37. The number of rotatable bonds is 3. The van der Waals surface area contributed by atoms with Crippen molar-refractivity contribution < 1.29 is 9.59 Å². The lowest BCUT2D eigenvalue weighted by molar-refractivity contribution is -0.118. The Bertz CT molecular complexity index is 789. The summed E-state index contributed by atoms with van der Waals surface area (Å²) in [6.45, 7) is 8.52. The van der Waals surface area contributed by atoms with E-state index >= 15 is 0 Å². The number of thiazole rings is 1. The van der Waals surface area contributed by atoms with Crippen LogP contribution in [0.2, 0.25) is 0 Å². The third kappa shape index (κ3) is 2.94. The summed E-state index contributed by atoms with van der Waals surface area (Å²) in [5.74, 6) is -0.256. The Morgan fingerprint density at radius 3 is 2.50 bits per heavy atom. The molecule has 3 rings (SSSR count). The largest absolute Gasteiger partial charge is 0.339 e. The molecule has 0 saturated carbocycles. The molecule has 0 aliphatic carbocycles. The van der Waals surface area contributed by atoms with E-state index in [1.54, 1.807) is 17.3 Å². The normalized spacial score (nSPS) is 17.4. The summed E-state index contributed by atoms with van der Waals surface area (Å²) in [7, 11) is 0. The first-order valence-electron chi connectivity index (χ1n) is 7.98. The Balaban J connectivity index is 1.79. The van der Waals surface area contributed by atoms with Gasteiger partial charge in [0.15, 0.2) is 0 Å². The van der Waals surface area contributed by atoms with Crippen molar-refractivity contribution >= 4 is 28.8 Å². The van der Waals surface area contributed by atoms with Crippen LogP contribution in [0.1, 0.15) is 38.5 Å². The van der Waals surface area contributed by atoms with Crippen LogP contribution in [-0.2, 0) is 4.79 Å². The fourth-order valence-electron chi connectivity index (χ4n) is 3.38. The van der Waals surface area contributed by atoms with Crippen molar-refractivity contribution in [2.45, 2.75) is 40.2 Å². The Hall–Kier alpha value is -2.21. The quantitative estimate of drug-likeness (QED) is 0.932. The van der Waals surface area contributed by atoms with Crippen molar-refractivity contribution in [3.63, 3.8) is 0 Å². The van der Waals surface area contributed by atoms with Crippen LogP contribution in [0, 0.1) is 27.7 Å². The highest BCUT2D eigenvalue weighted by atomic mass is 32.1. The van der Waals surface area contributed by atoms with Gasteiger partial charge in [-0.05, 0) is 45.2 Å². The van der Waals surface area contributed by atoms with Crippen molar-refractivity contribution in [2.75, 3.05) is 11.4 Å². The maximum Gasteiger partial charge on any atom is 0.263 e. The molecule has 1 atom stereocenters. The van der Waals surface area contributed by atoms with E-state index in [0.29, 0.717) is 23.5 Å². The first kappa shape index (κ1) is 16.6. The summed E-state index contributed by atoms with van der Waals surface area (Å²) in [4.78, 5) is 31.6. The van der Waals surface area contributed by atoms with Crippen LogP contribution in [0.15, 0.2) is 17.6 Å². The fraction of sp³-hybridized carbons (Fsp3) is 0.389. The molecular formula is C18H21N3O2S. The van der Waals surface area contributed by atoms with Gasteiger partial charge in [-0.2, -0.15) is 0 Å². The summed E-state index contributed by atoms with van der Waals surface area (Å²) >= 11 is 1.30. The SMILES string of the molecule is Cc1cc(C)c(N2CCC(NC(=O)c3scnc3C)C2=O)c(C)c1. The van der Waals surface area contributed by atoms with Crippen LogP contribution < -0.4 is 10.2 Å². The highest BCUT2D eigenvalue weighted by molar-refractivity contribution is 7.11. The van der Waals surface area contributed by atoms with Crippen LogP contribution in [0.3, 0.4) is 0 Å². The lowest BCUT2D eigenvalue weighted by atomic mass is 10.0. The van der Waals surface area contributed by atoms with Crippen LogP contribution in [0.4, 0.5) is 5.69 Å². The van der Waals surface area contributed by atoms with E-state index in [0.717, 1.165) is 16.8 Å². The first-order chi connectivity index (χ1) is 11.4. The number of nitrogens with one attached hydrogen (secondary N) is 1. The standard InChI is InChI=1S/C18H21N3O2S/c1-10-7-11(2)15(12(3)8-10)21-6-5-14(18(21)23)20-17(22)16-13(4)19-9-24-16/h7-9,14H,5-6H2,1-4H3,(H,20,22).